The number of halogens is 1. The van der Waals surface area contributed by atoms with Crippen LogP contribution in [0.5, 0.6) is 0 Å². The average molecular weight is 274 g/mol. The predicted octanol–water partition coefficient (Wildman–Crippen LogP) is 1.51. The molecule has 0 aliphatic carbocycles. The standard InChI is InChI=1S/C14H15FN4O/c1-8-3-2-4-9(15)13(8)19-14(20)11-5-10-12(6-16-11)18-7-17-10/h2-4,7,11,16H,5-6H2,1H3,(H,17,18)(H,19,20). The van der Waals surface area contributed by atoms with E-state index >= 15 is 0 Å². The predicted molar refractivity (Wildman–Crippen MR) is 72.7 cm³/mol. The van der Waals surface area contributed by atoms with E-state index in [0.29, 0.717) is 18.5 Å². The molecule has 1 amide bonds. The molecule has 0 fully saturated rings. The van der Waals surface area contributed by atoms with E-state index in [4.69, 9.17) is 0 Å². The van der Waals surface area contributed by atoms with Gasteiger partial charge in [0.2, 0.25) is 5.91 Å². The second-order valence-corrected chi connectivity index (χ2v) is 4.89. The van der Waals surface area contributed by atoms with Crippen LogP contribution >= 0.6 is 0 Å². The van der Waals surface area contributed by atoms with Gasteiger partial charge in [0.05, 0.1) is 29.4 Å². The van der Waals surface area contributed by atoms with E-state index in [9.17, 15) is 9.18 Å². The van der Waals surface area contributed by atoms with E-state index in [2.05, 4.69) is 20.6 Å². The number of carbonyl (C=O) groups excluding carboxylic acids is 1. The molecule has 3 rings (SSSR count). The van der Waals surface area contributed by atoms with Crippen molar-refractivity contribution in [1.82, 2.24) is 15.3 Å². The molecule has 5 nitrogen and oxygen atoms in total. The molecule has 1 aliphatic rings. The second-order valence-electron chi connectivity index (χ2n) is 4.89. The Kier molecular flexibility index (Phi) is 3.23. The molecule has 0 bridgehead atoms. The fourth-order valence-corrected chi connectivity index (χ4v) is 2.36. The molecule has 104 valence electrons. The number of H-pyrrole nitrogens is 1. The first-order valence-electron chi connectivity index (χ1n) is 6.45. The quantitative estimate of drug-likeness (QED) is 0.777. The first-order chi connectivity index (χ1) is 9.65. The molecule has 0 spiro atoms. The summed E-state index contributed by atoms with van der Waals surface area (Å²) in [6.07, 6.45) is 2.12. The monoisotopic (exact) mass is 274 g/mol. The van der Waals surface area contributed by atoms with Crippen molar-refractivity contribution < 1.29 is 9.18 Å². The van der Waals surface area contributed by atoms with Gasteiger partial charge in [0, 0.05) is 13.0 Å². The Hall–Kier alpha value is -2.21. The van der Waals surface area contributed by atoms with Crippen molar-refractivity contribution in [1.29, 1.82) is 0 Å². The number of amides is 1. The third-order valence-corrected chi connectivity index (χ3v) is 3.52. The van der Waals surface area contributed by atoms with Crippen LogP contribution in [0.3, 0.4) is 0 Å². The van der Waals surface area contributed by atoms with Crippen LogP contribution in [0.1, 0.15) is 17.0 Å². The fourth-order valence-electron chi connectivity index (χ4n) is 2.36. The Morgan fingerprint density at radius 2 is 2.35 bits per heavy atom. The molecular weight excluding hydrogens is 259 g/mol. The summed E-state index contributed by atoms with van der Waals surface area (Å²) in [6.45, 7) is 2.32. The molecule has 1 aromatic heterocycles. The minimum absolute atomic E-state index is 0.243. The Labute approximate surface area is 115 Å². The van der Waals surface area contributed by atoms with Gasteiger partial charge in [-0.05, 0) is 18.6 Å². The highest BCUT2D eigenvalue weighted by Gasteiger charge is 2.26. The van der Waals surface area contributed by atoms with Gasteiger partial charge in [0.1, 0.15) is 5.82 Å². The van der Waals surface area contributed by atoms with Gasteiger partial charge < -0.3 is 10.3 Å². The van der Waals surface area contributed by atoms with Crippen molar-refractivity contribution in [2.75, 3.05) is 5.32 Å². The van der Waals surface area contributed by atoms with Gasteiger partial charge in [-0.2, -0.15) is 0 Å². The summed E-state index contributed by atoms with van der Waals surface area (Å²) in [5.41, 5.74) is 2.83. The highest BCUT2D eigenvalue weighted by atomic mass is 19.1. The summed E-state index contributed by atoms with van der Waals surface area (Å²) in [7, 11) is 0. The number of para-hydroxylation sites is 1. The number of hydrogen-bond donors (Lipinski definition) is 3. The maximum absolute atomic E-state index is 13.7. The van der Waals surface area contributed by atoms with E-state index in [1.807, 2.05) is 0 Å². The number of aryl methyl sites for hydroxylation is 1. The van der Waals surface area contributed by atoms with E-state index in [1.165, 1.54) is 6.07 Å². The lowest BCUT2D eigenvalue weighted by atomic mass is 10.0. The molecule has 0 saturated carbocycles. The molecule has 2 heterocycles. The van der Waals surface area contributed by atoms with Gasteiger partial charge in [0.15, 0.2) is 0 Å². The number of nitrogens with one attached hydrogen (secondary N) is 3. The van der Waals surface area contributed by atoms with Gasteiger partial charge in [-0.3, -0.25) is 10.1 Å². The number of aromatic nitrogens is 2. The van der Waals surface area contributed by atoms with Gasteiger partial charge >= 0.3 is 0 Å². The van der Waals surface area contributed by atoms with Crippen LogP contribution in [0.15, 0.2) is 24.5 Å². The Balaban J connectivity index is 1.75. The Morgan fingerprint density at radius 3 is 3.15 bits per heavy atom. The maximum Gasteiger partial charge on any atom is 0.242 e. The number of nitrogens with zero attached hydrogens (tertiary/aromatic N) is 1. The second kappa shape index (κ2) is 5.05. The van der Waals surface area contributed by atoms with Crippen LogP contribution in [0.25, 0.3) is 0 Å². The van der Waals surface area contributed by atoms with E-state index in [1.54, 1.807) is 25.4 Å². The average Bonchev–Trinajstić information content (AvgIpc) is 2.90. The number of anilines is 1. The molecule has 3 N–H and O–H groups in total. The normalized spacial score (nSPS) is 17.6. The minimum Gasteiger partial charge on any atom is -0.347 e. The number of carbonyl (C=O) groups is 1. The van der Waals surface area contributed by atoms with Crippen molar-refractivity contribution >= 4 is 11.6 Å². The zero-order valence-corrected chi connectivity index (χ0v) is 11.0. The molecule has 1 unspecified atom stereocenters. The smallest absolute Gasteiger partial charge is 0.242 e. The number of hydrogen-bond acceptors (Lipinski definition) is 3. The number of imidazole rings is 1. The highest BCUT2D eigenvalue weighted by Crippen LogP contribution is 2.20. The molecule has 0 radical (unpaired) electrons. The van der Waals surface area contributed by atoms with Crippen LogP contribution in [0.4, 0.5) is 10.1 Å². The van der Waals surface area contributed by atoms with Gasteiger partial charge in [-0.1, -0.05) is 12.1 Å². The third-order valence-electron chi connectivity index (χ3n) is 3.52. The summed E-state index contributed by atoms with van der Waals surface area (Å²) < 4.78 is 13.7. The minimum atomic E-state index is -0.422. The molecular formula is C14H15FN4O. The van der Waals surface area contributed by atoms with E-state index < -0.39 is 11.9 Å². The number of benzene rings is 1. The number of aromatic amines is 1. The lowest BCUT2D eigenvalue weighted by molar-refractivity contribution is -0.118. The summed E-state index contributed by atoms with van der Waals surface area (Å²) in [4.78, 5) is 19.4. The zero-order valence-electron chi connectivity index (χ0n) is 11.0. The van der Waals surface area contributed by atoms with Crippen molar-refractivity contribution in [3.8, 4) is 0 Å². The van der Waals surface area contributed by atoms with Crippen molar-refractivity contribution in [3.05, 3.63) is 47.3 Å². The molecule has 1 aliphatic heterocycles. The van der Waals surface area contributed by atoms with Crippen molar-refractivity contribution in [3.63, 3.8) is 0 Å². The lowest BCUT2D eigenvalue weighted by Crippen LogP contribution is -2.45. The van der Waals surface area contributed by atoms with Crippen LogP contribution in [0, 0.1) is 12.7 Å². The Morgan fingerprint density at radius 1 is 1.50 bits per heavy atom. The molecule has 0 saturated heterocycles. The van der Waals surface area contributed by atoms with Crippen LogP contribution in [0.2, 0.25) is 0 Å². The van der Waals surface area contributed by atoms with Crippen molar-refractivity contribution in [2.24, 2.45) is 0 Å². The molecule has 2 aromatic rings. The summed E-state index contributed by atoms with van der Waals surface area (Å²) in [6, 6.07) is 4.32. The van der Waals surface area contributed by atoms with E-state index in [-0.39, 0.29) is 11.6 Å². The van der Waals surface area contributed by atoms with Crippen LogP contribution < -0.4 is 10.6 Å². The molecule has 20 heavy (non-hydrogen) atoms. The van der Waals surface area contributed by atoms with Gasteiger partial charge in [-0.15, -0.1) is 0 Å². The van der Waals surface area contributed by atoms with Crippen LogP contribution in [-0.2, 0) is 17.8 Å². The third kappa shape index (κ3) is 2.30. The fraction of sp³-hybridized carbons (Fsp3) is 0.286. The zero-order chi connectivity index (χ0) is 14.1. The van der Waals surface area contributed by atoms with E-state index in [0.717, 1.165) is 11.4 Å². The largest absolute Gasteiger partial charge is 0.347 e. The van der Waals surface area contributed by atoms with Gasteiger partial charge in [0.25, 0.3) is 0 Å². The summed E-state index contributed by atoms with van der Waals surface area (Å²) >= 11 is 0. The molecule has 1 atom stereocenters. The molecule has 6 heteroatoms. The lowest BCUT2D eigenvalue weighted by Gasteiger charge is -2.22. The van der Waals surface area contributed by atoms with Crippen molar-refractivity contribution in [2.45, 2.75) is 25.9 Å². The van der Waals surface area contributed by atoms with Gasteiger partial charge in [-0.25, -0.2) is 9.37 Å². The summed E-state index contributed by atoms with van der Waals surface area (Å²) in [5.74, 6) is -0.665. The summed E-state index contributed by atoms with van der Waals surface area (Å²) in [5, 5.41) is 5.77. The number of rotatable bonds is 2. The topological polar surface area (TPSA) is 69.8 Å². The maximum atomic E-state index is 13.7. The van der Waals surface area contributed by atoms with Crippen LogP contribution in [-0.4, -0.2) is 21.9 Å². The molecule has 1 aromatic carbocycles. The first kappa shape index (κ1) is 12.8. The highest BCUT2D eigenvalue weighted by molar-refractivity contribution is 5.95. The SMILES string of the molecule is Cc1cccc(F)c1NC(=O)C1Cc2nc[nH]c2CN1. The first-order valence-corrected chi connectivity index (χ1v) is 6.45. The number of fused-ring (bicyclic) bond motifs is 1. The Bertz CT molecular complexity index is 632.